The summed E-state index contributed by atoms with van der Waals surface area (Å²) in [6, 6.07) is 0.540. The van der Waals surface area contributed by atoms with Crippen LogP contribution in [-0.4, -0.2) is 57.0 Å². The second-order valence-electron chi connectivity index (χ2n) is 6.04. The minimum atomic E-state index is -4.50. The molecule has 2 amide bonds. The molecule has 7 nitrogen and oxygen atoms in total. The van der Waals surface area contributed by atoms with E-state index in [1.807, 2.05) is 0 Å². The second kappa shape index (κ2) is 6.08. The van der Waals surface area contributed by atoms with Crippen molar-refractivity contribution in [3.05, 3.63) is 12.3 Å². The summed E-state index contributed by atoms with van der Waals surface area (Å²) >= 11 is 0. The quantitative estimate of drug-likeness (QED) is 0.870. The van der Waals surface area contributed by atoms with E-state index in [4.69, 9.17) is 0 Å². The lowest BCUT2D eigenvalue weighted by molar-refractivity contribution is -0.154. The fourth-order valence-electron chi connectivity index (χ4n) is 3.44. The van der Waals surface area contributed by atoms with Crippen LogP contribution in [0.1, 0.15) is 25.7 Å². The van der Waals surface area contributed by atoms with E-state index < -0.39 is 30.4 Å². The Morgan fingerprint density at radius 1 is 1.46 bits per heavy atom. The first-order chi connectivity index (χ1) is 11.3. The van der Waals surface area contributed by atoms with Gasteiger partial charge in [-0.3, -0.25) is 5.32 Å². The molecule has 0 spiro atoms. The number of hydrogen-bond acceptors (Lipinski definition) is 5. The van der Waals surface area contributed by atoms with Crippen LogP contribution in [0.15, 0.2) is 12.3 Å². The first-order valence-corrected chi connectivity index (χ1v) is 7.57. The number of aromatic nitrogens is 2. The minimum Gasteiger partial charge on any atom is -0.454 e. The Morgan fingerprint density at radius 3 is 2.79 bits per heavy atom. The number of carbonyl (C=O) groups is 1. The number of nitrogens with one attached hydrogen (secondary N) is 1. The van der Waals surface area contributed by atoms with Gasteiger partial charge in [-0.1, -0.05) is 0 Å². The molecule has 0 aliphatic carbocycles. The normalized spacial score (nSPS) is 25.8. The number of rotatable bonds is 4. The molecule has 0 unspecified atom stereocenters. The number of halogens is 3. The number of ether oxygens (including phenoxy) is 1. The van der Waals surface area contributed by atoms with Gasteiger partial charge in [-0.25, -0.2) is 9.78 Å². The molecule has 2 saturated heterocycles. The molecule has 3 rings (SSSR count). The molecule has 2 N–H and O–H groups in total. The number of nitrogens with zero attached hydrogens (tertiary/aromatic N) is 3. The summed E-state index contributed by atoms with van der Waals surface area (Å²) in [6.45, 7) is -1.62. The van der Waals surface area contributed by atoms with Gasteiger partial charge in [-0.15, -0.1) is 0 Å². The van der Waals surface area contributed by atoms with E-state index in [0.29, 0.717) is 0 Å². The van der Waals surface area contributed by atoms with Gasteiger partial charge in [-0.2, -0.15) is 18.2 Å². The molecule has 2 aliphatic rings. The molecule has 1 aromatic rings. The predicted molar refractivity (Wildman–Crippen MR) is 76.5 cm³/mol. The molecule has 0 aromatic carbocycles. The average Bonchev–Trinajstić information content (AvgIpc) is 3.09. The average molecular weight is 346 g/mol. The van der Waals surface area contributed by atoms with Crippen LogP contribution in [0.4, 0.5) is 23.8 Å². The number of carbonyl (C=O) groups excluding carboxylic acids is 1. The molecule has 2 fully saturated rings. The number of aliphatic hydroxyl groups excluding tert-OH is 1. The fraction of sp³-hybridized carbons (Fsp3) is 0.643. The van der Waals surface area contributed by atoms with Crippen molar-refractivity contribution < 1.29 is 27.8 Å². The number of alkyl halides is 3. The highest BCUT2D eigenvalue weighted by molar-refractivity contribution is 5.89. The molecule has 0 radical (unpaired) electrons. The topological polar surface area (TPSA) is 87.6 Å². The van der Waals surface area contributed by atoms with Gasteiger partial charge in [0.1, 0.15) is 5.82 Å². The molecule has 1 aromatic heterocycles. The van der Waals surface area contributed by atoms with Crippen LogP contribution in [0, 0.1) is 0 Å². The zero-order valence-corrected chi connectivity index (χ0v) is 12.7. The Balaban J connectivity index is 1.67. The highest BCUT2D eigenvalue weighted by Crippen LogP contribution is 2.46. The lowest BCUT2D eigenvalue weighted by Gasteiger charge is -2.33. The van der Waals surface area contributed by atoms with Crippen LogP contribution in [-0.2, 0) is 0 Å². The standard InChI is InChI=1S/C14H17F3N4O3/c15-14(16,17)8-24-11-18-6-3-10(19-11)20-12(23)21-9-1-4-13(21,7-22)5-2-9/h3,6,9,22H,1-2,4-5,7-8H2,(H,18,19,20,23). The first kappa shape index (κ1) is 16.7. The van der Waals surface area contributed by atoms with Crippen molar-refractivity contribution in [1.29, 1.82) is 0 Å². The van der Waals surface area contributed by atoms with Gasteiger partial charge in [0.05, 0.1) is 12.1 Å². The maximum absolute atomic E-state index is 12.5. The van der Waals surface area contributed by atoms with Crippen molar-refractivity contribution in [2.75, 3.05) is 18.5 Å². The SMILES string of the molecule is O=C(Nc1ccnc(OCC(F)(F)F)n1)N1C2CCC1(CO)CC2. The summed E-state index contributed by atoms with van der Waals surface area (Å²) in [5.74, 6) is 0.0477. The van der Waals surface area contributed by atoms with Gasteiger partial charge in [0.15, 0.2) is 6.61 Å². The number of hydrogen-bond donors (Lipinski definition) is 2. The largest absolute Gasteiger partial charge is 0.454 e. The molecule has 3 heterocycles. The molecule has 24 heavy (non-hydrogen) atoms. The smallest absolute Gasteiger partial charge is 0.422 e. The van der Waals surface area contributed by atoms with Crippen molar-refractivity contribution in [3.63, 3.8) is 0 Å². The third kappa shape index (κ3) is 3.23. The Morgan fingerprint density at radius 2 is 2.17 bits per heavy atom. The zero-order chi connectivity index (χ0) is 17.4. The highest BCUT2D eigenvalue weighted by atomic mass is 19.4. The summed E-state index contributed by atoms with van der Waals surface area (Å²) in [7, 11) is 0. The maximum atomic E-state index is 12.5. The van der Waals surface area contributed by atoms with Gasteiger partial charge in [0, 0.05) is 12.2 Å². The lowest BCUT2D eigenvalue weighted by Crippen LogP contribution is -2.49. The monoisotopic (exact) mass is 346 g/mol. The van der Waals surface area contributed by atoms with Gasteiger partial charge in [-0.05, 0) is 31.7 Å². The number of fused-ring (bicyclic) bond motifs is 2. The highest BCUT2D eigenvalue weighted by Gasteiger charge is 2.53. The third-order valence-electron chi connectivity index (χ3n) is 4.51. The Hall–Kier alpha value is -2.10. The van der Waals surface area contributed by atoms with E-state index in [2.05, 4.69) is 20.0 Å². The number of urea groups is 1. The first-order valence-electron chi connectivity index (χ1n) is 7.57. The van der Waals surface area contributed by atoms with Crippen molar-refractivity contribution in [2.45, 2.75) is 43.4 Å². The van der Waals surface area contributed by atoms with Crippen LogP contribution in [0.5, 0.6) is 6.01 Å². The van der Waals surface area contributed by atoms with Gasteiger partial charge < -0.3 is 14.7 Å². The van der Waals surface area contributed by atoms with E-state index in [1.165, 1.54) is 12.3 Å². The fourth-order valence-corrected chi connectivity index (χ4v) is 3.44. The summed E-state index contributed by atoms with van der Waals surface area (Å²) < 4.78 is 40.9. The van der Waals surface area contributed by atoms with Crippen molar-refractivity contribution in [3.8, 4) is 6.01 Å². The molecule has 2 bridgehead atoms. The predicted octanol–water partition coefficient (Wildman–Crippen LogP) is 1.94. The van der Waals surface area contributed by atoms with Crippen molar-refractivity contribution >= 4 is 11.8 Å². The third-order valence-corrected chi connectivity index (χ3v) is 4.51. The Labute approximate surface area is 135 Å². The van der Waals surface area contributed by atoms with E-state index in [0.717, 1.165) is 25.7 Å². The number of amides is 2. The van der Waals surface area contributed by atoms with Crippen LogP contribution >= 0.6 is 0 Å². The van der Waals surface area contributed by atoms with Gasteiger partial charge in [0.2, 0.25) is 0 Å². The number of anilines is 1. The molecular weight excluding hydrogens is 329 g/mol. The van der Waals surface area contributed by atoms with E-state index >= 15 is 0 Å². The Kier molecular flexibility index (Phi) is 4.24. The summed E-state index contributed by atoms with van der Waals surface area (Å²) in [5, 5.41) is 12.2. The minimum absolute atomic E-state index is 0.0477. The molecule has 0 atom stereocenters. The summed E-state index contributed by atoms with van der Waals surface area (Å²) in [4.78, 5) is 21.5. The van der Waals surface area contributed by atoms with Crippen molar-refractivity contribution in [2.24, 2.45) is 0 Å². The van der Waals surface area contributed by atoms with Gasteiger partial charge in [0.25, 0.3) is 0 Å². The Bertz CT molecular complexity index is 618. The molecule has 2 aliphatic heterocycles. The zero-order valence-electron chi connectivity index (χ0n) is 12.7. The molecule has 0 saturated carbocycles. The summed E-state index contributed by atoms with van der Waals surface area (Å²) in [6.07, 6.45) is -0.147. The van der Waals surface area contributed by atoms with E-state index in [9.17, 15) is 23.1 Å². The second-order valence-corrected chi connectivity index (χ2v) is 6.04. The van der Waals surface area contributed by atoms with E-state index in [1.54, 1.807) is 4.90 Å². The van der Waals surface area contributed by atoms with Crippen LogP contribution in [0.25, 0.3) is 0 Å². The number of aliphatic hydroxyl groups is 1. The lowest BCUT2D eigenvalue weighted by atomic mass is 9.89. The maximum Gasteiger partial charge on any atom is 0.422 e. The van der Waals surface area contributed by atoms with Crippen molar-refractivity contribution in [1.82, 2.24) is 14.9 Å². The van der Waals surface area contributed by atoms with Gasteiger partial charge >= 0.3 is 18.2 Å². The van der Waals surface area contributed by atoms with Crippen LogP contribution in [0.3, 0.4) is 0 Å². The van der Waals surface area contributed by atoms with Crippen LogP contribution in [0.2, 0.25) is 0 Å². The van der Waals surface area contributed by atoms with Crippen LogP contribution < -0.4 is 10.1 Å². The molecule has 132 valence electrons. The van der Waals surface area contributed by atoms with E-state index in [-0.39, 0.29) is 18.5 Å². The molecular formula is C14H17F3N4O3. The molecule has 10 heteroatoms. The summed E-state index contributed by atoms with van der Waals surface area (Å²) in [5.41, 5.74) is -0.544.